The number of aromatic nitrogens is 2. The zero-order chi connectivity index (χ0) is 21.9. The van der Waals surface area contributed by atoms with Crippen molar-refractivity contribution >= 4 is 16.7 Å². The molecular formula is C24H31N3O3. The third-order valence-corrected chi connectivity index (χ3v) is 5.34. The van der Waals surface area contributed by atoms with E-state index in [1.807, 2.05) is 24.3 Å². The number of aryl methyl sites for hydroxylation is 1. The van der Waals surface area contributed by atoms with Crippen molar-refractivity contribution in [2.24, 2.45) is 11.1 Å². The van der Waals surface area contributed by atoms with Crippen molar-refractivity contribution in [1.82, 2.24) is 9.97 Å². The van der Waals surface area contributed by atoms with Crippen LogP contribution in [0, 0.1) is 12.3 Å². The molecule has 0 aliphatic rings. The SMILES string of the molecule is COc1c(CCC(C)(C)C)c(C)c2ccccc2c1OC(=O)C(N)Cc1cnc[nH]1. The number of ether oxygens (including phenoxy) is 2. The van der Waals surface area contributed by atoms with Crippen LogP contribution < -0.4 is 15.2 Å². The Balaban J connectivity index is 2.01. The molecule has 1 unspecified atom stereocenters. The van der Waals surface area contributed by atoms with Crippen LogP contribution in [0.1, 0.15) is 44.0 Å². The van der Waals surface area contributed by atoms with Gasteiger partial charge in [-0.15, -0.1) is 0 Å². The minimum Gasteiger partial charge on any atom is -0.493 e. The molecule has 0 bridgehead atoms. The molecular weight excluding hydrogens is 378 g/mol. The number of carbonyl (C=O) groups excluding carboxylic acids is 1. The lowest BCUT2D eigenvalue weighted by atomic mass is 9.86. The summed E-state index contributed by atoms with van der Waals surface area (Å²) in [6, 6.07) is 7.10. The molecule has 3 aromatic rings. The molecule has 0 spiro atoms. The van der Waals surface area contributed by atoms with Gasteiger partial charge in [0.2, 0.25) is 0 Å². The van der Waals surface area contributed by atoms with Crippen molar-refractivity contribution in [2.75, 3.05) is 7.11 Å². The minimum atomic E-state index is -0.812. The van der Waals surface area contributed by atoms with Crippen LogP contribution in [-0.4, -0.2) is 29.1 Å². The fourth-order valence-electron chi connectivity index (χ4n) is 3.61. The van der Waals surface area contributed by atoms with Crippen molar-refractivity contribution in [3.63, 3.8) is 0 Å². The number of nitrogens with zero attached hydrogens (tertiary/aromatic N) is 1. The number of carbonyl (C=O) groups is 1. The van der Waals surface area contributed by atoms with E-state index < -0.39 is 12.0 Å². The summed E-state index contributed by atoms with van der Waals surface area (Å²) in [4.78, 5) is 19.8. The number of aromatic amines is 1. The number of esters is 1. The van der Waals surface area contributed by atoms with Crippen LogP contribution in [0.15, 0.2) is 36.8 Å². The lowest BCUT2D eigenvalue weighted by Crippen LogP contribution is -2.36. The molecule has 0 amide bonds. The first kappa shape index (κ1) is 21.8. The fraction of sp³-hybridized carbons (Fsp3) is 0.417. The Labute approximate surface area is 177 Å². The highest BCUT2D eigenvalue weighted by atomic mass is 16.6. The van der Waals surface area contributed by atoms with Gasteiger partial charge in [0.05, 0.1) is 13.4 Å². The van der Waals surface area contributed by atoms with Crippen LogP contribution in [-0.2, 0) is 17.6 Å². The van der Waals surface area contributed by atoms with Crippen LogP contribution in [0.5, 0.6) is 11.5 Å². The smallest absolute Gasteiger partial charge is 0.328 e. The Morgan fingerprint density at radius 3 is 2.50 bits per heavy atom. The van der Waals surface area contributed by atoms with Gasteiger partial charge in [-0.05, 0) is 36.1 Å². The Bertz CT molecular complexity index is 1020. The average Bonchev–Trinajstić information content (AvgIpc) is 3.21. The standard InChI is InChI=1S/C24H31N3O3/c1-15-17-8-6-7-9-19(17)22(21(29-5)18(15)10-11-24(2,3)4)30-23(28)20(25)12-16-13-26-14-27-16/h6-9,13-14,20H,10-12,25H2,1-5H3,(H,26,27). The second kappa shape index (κ2) is 8.88. The number of rotatable bonds is 7. The minimum absolute atomic E-state index is 0.173. The zero-order valence-corrected chi connectivity index (χ0v) is 18.4. The second-order valence-electron chi connectivity index (χ2n) is 8.88. The molecule has 3 rings (SSSR count). The quantitative estimate of drug-likeness (QED) is 0.448. The van der Waals surface area contributed by atoms with Gasteiger partial charge >= 0.3 is 5.97 Å². The molecule has 0 saturated heterocycles. The molecule has 0 fully saturated rings. The van der Waals surface area contributed by atoms with Gasteiger partial charge in [0.1, 0.15) is 6.04 Å². The van der Waals surface area contributed by atoms with Gasteiger partial charge in [-0.1, -0.05) is 45.0 Å². The predicted octanol–water partition coefficient (Wildman–Crippen LogP) is 4.33. The number of benzene rings is 2. The molecule has 2 aromatic carbocycles. The van der Waals surface area contributed by atoms with Crippen LogP contribution >= 0.6 is 0 Å². The first-order valence-electron chi connectivity index (χ1n) is 10.2. The Kier molecular flexibility index (Phi) is 6.46. The predicted molar refractivity (Wildman–Crippen MR) is 119 cm³/mol. The van der Waals surface area contributed by atoms with Gasteiger partial charge in [0.25, 0.3) is 0 Å². The molecule has 6 nitrogen and oxygen atoms in total. The van der Waals surface area contributed by atoms with E-state index in [0.29, 0.717) is 17.9 Å². The first-order valence-corrected chi connectivity index (χ1v) is 10.2. The maximum absolute atomic E-state index is 12.8. The number of nitrogens with one attached hydrogen (secondary N) is 1. The molecule has 3 N–H and O–H groups in total. The topological polar surface area (TPSA) is 90.2 Å². The van der Waals surface area contributed by atoms with Gasteiger partial charge in [-0.3, -0.25) is 0 Å². The van der Waals surface area contributed by atoms with Gasteiger partial charge < -0.3 is 20.2 Å². The summed E-state index contributed by atoms with van der Waals surface area (Å²) in [7, 11) is 1.62. The summed E-state index contributed by atoms with van der Waals surface area (Å²) in [5, 5.41) is 1.89. The molecule has 1 heterocycles. The van der Waals surface area contributed by atoms with Gasteiger partial charge in [-0.25, -0.2) is 9.78 Å². The summed E-state index contributed by atoms with van der Waals surface area (Å²) in [6.07, 6.45) is 5.34. The summed E-state index contributed by atoms with van der Waals surface area (Å²) in [5.74, 6) is 0.545. The van der Waals surface area contributed by atoms with Crippen molar-refractivity contribution < 1.29 is 14.3 Å². The van der Waals surface area contributed by atoms with E-state index >= 15 is 0 Å². The molecule has 0 aliphatic heterocycles. The van der Waals surface area contributed by atoms with E-state index in [0.717, 1.165) is 40.4 Å². The van der Waals surface area contributed by atoms with Crippen LogP contribution in [0.25, 0.3) is 10.8 Å². The summed E-state index contributed by atoms with van der Waals surface area (Å²) in [5.41, 5.74) is 9.28. The highest BCUT2D eigenvalue weighted by molar-refractivity contribution is 5.97. The van der Waals surface area contributed by atoms with Crippen molar-refractivity contribution in [3.8, 4) is 11.5 Å². The molecule has 6 heteroatoms. The Morgan fingerprint density at radius 1 is 1.20 bits per heavy atom. The Hall–Kier alpha value is -2.86. The van der Waals surface area contributed by atoms with E-state index in [1.165, 1.54) is 0 Å². The van der Waals surface area contributed by atoms with Crippen LogP contribution in [0.4, 0.5) is 0 Å². The third-order valence-electron chi connectivity index (χ3n) is 5.34. The number of methoxy groups -OCH3 is 1. The number of hydrogen-bond donors (Lipinski definition) is 2. The van der Waals surface area contributed by atoms with Crippen LogP contribution in [0.3, 0.4) is 0 Å². The summed E-state index contributed by atoms with van der Waals surface area (Å²) in [6.45, 7) is 8.74. The van der Waals surface area contributed by atoms with Crippen molar-refractivity contribution in [1.29, 1.82) is 0 Å². The number of hydrogen-bond acceptors (Lipinski definition) is 5. The van der Waals surface area contributed by atoms with Crippen molar-refractivity contribution in [3.05, 3.63) is 53.6 Å². The Morgan fingerprint density at radius 2 is 1.90 bits per heavy atom. The molecule has 0 aliphatic carbocycles. The van der Waals surface area contributed by atoms with Gasteiger partial charge in [0.15, 0.2) is 11.5 Å². The molecule has 0 radical (unpaired) electrons. The molecule has 160 valence electrons. The molecule has 30 heavy (non-hydrogen) atoms. The normalized spacial score (nSPS) is 12.7. The number of H-pyrrole nitrogens is 1. The second-order valence-corrected chi connectivity index (χ2v) is 8.88. The largest absolute Gasteiger partial charge is 0.493 e. The summed E-state index contributed by atoms with van der Waals surface area (Å²) < 4.78 is 11.6. The fourth-order valence-corrected chi connectivity index (χ4v) is 3.61. The van der Waals surface area contributed by atoms with Crippen LogP contribution in [0.2, 0.25) is 0 Å². The van der Waals surface area contributed by atoms with E-state index in [2.05, 4.69) is 37.7 Å². The van der Waals surface area contributed by atoms with Gasteiger partial charge in [-0.2, -0.15) is 0 Å². The average molecular weight is 410 g/mol. The zero-order valence-electron chi connectivity index (χ0n) is 18.4. The van der Waals surface area contributed by atoms with E-state index in [-0.39, 0.29) is 5.41 Å². The lowest BCUT2D eigenvalue weighted by Gasteiger charge is -2.23. The molecule has 1 aromatic heterocycles. The van der Waals surface area contributed by atoms with E-state index in [9.17, 15) is 4.79 Å². The van der Waals surface area contributed by atoms with E-state index in [4.69, 9.17) is 15.2 Å². The maximum atomic E-state index is 12.8. The van der Waals surface area contributed by atoms with Gasteiger partial charge in [0, 0.05) is 29.3 Å². The highest BCUT2D eigenvalue weighted by Crippen LogP contribution is 2.43. The number of imidazole rings is 1. The number of nitrogens with two attached hydrogens (primary N) is 1. The lowest BCUT2D eigenvalue weighted by molar-refractivity contribution is -0.135. The third kappa shape index (κ3) is 4.82. The molecule has 1 atom stereocenters. The van der Waals surface area contributed by atoms with E-state index in [1.54, 1.807) is 19.6 Å². The molecule has 0 saturated carbocycles. The van der Waals surface area contributed by atoms with Crippen molar-refractivity contribution in [2.45, 2.75) is 53.0 Å². The summed E-state index contributed by atoms with van der Waals surface area (Å²) >= 11 is 0. The number of fused-ring (bicyclic) bond motifs is 1. The maximum Gasteiger partial charge on any atom is 0.328 e. The first-order chi connectivity index (χ1) is 14.2. The monoisotopic (exact) mass is 409 g/mol. The highest BCUT2D eigenvalue weighted by Gasteiger charge is 2.25.